The van der Waals surface area contributed by atoms with Gasteiger partial charge in [0.15, 0.2) is 0 Å². The number of benzene rings is 1. The molecule has 0 bridgehead atoms. The van der Waals surface area contributed by atoms with E-state index in [1.54, 1.807) is 0 Å². The van der Waals surface area contributed by atoms with Crippen molar-refractivity contribution < 1.29 is 9.53 Å². The van der Waals surface area contributed by atoms with E-state index in [2.05, 4.69) is 10.2 Å². The molecule has 2 rings (SSSR count). The first kappa shape index (κ1) is 15.3. The van der Waals surface area contributed by atoms with Crippen LogP contribution in [0.25, 0.3) is 0 Å². The van der Waals surface area contributed by atoms with Crippen molar-refractivity contribution in [1.29, 1.82) is 0 Å². The molecule has 1 aromatic rings. The lowest BCUT2D eigenvalue weighted by Gasteiger charge is -2.31. The number of amides is 1. The molecule has 1 atom stereocenters. The van der Waals surface area contributed by atoms with E-state index in [1.165, 1.54) is 0 Å². The zero-order chi connectivity index (χ0) is 14.4. The second kappa shape index (κ2) is 7.59. The van der Waals surface area contributed by atoms with Crippen LogP contribution in [0.3, 0.4) is 0 Å². The molecular weight excluding hydrogens is 278 g/mol. The summed E-state index contributed by atoms with van der Waals surface area (Å²) in [7, 11) is 0. The zero-order valence-electron chi connectivity index (χ0n) is 11.3. The van der Waals surface area contributed by atoms with Crippen LogP contribution in [-0.2, 0) is 16.1 Å². The lowest BCUT2D eigenvalue weighted by atomic mass is 10.2. The van der Waals surface area contributed by atoms with Crippen LogP contribution < -0.4 is 11.1 Å². The first-order valence-corrected chi connectivity index (χ1v) is 7.11. The van der Waals surface area contributed by atoms with Gasteiger partial charge < -0.3 is 15.8 Å². The summed E-state index contributed by atoms with van der Waals surface area (Å²) in [5.74, 6) is -0.0115. The van der Waals surface area contributed by atoms with Crippen LogP contribution in [0.1, 0.15) is 5.56 Å². The van der Waals surface area contributed by atoms with Gasteiger partial charge in [-0.2, -0.15) is 0 Å². The summed E-state index contributed by atoms with van der Waals surface area (Å²) >= 11 is 6.05. The fourth-order valence-corrected chi connectivity index (χ4v) is 2.36. The van der Waals surface area contributed by atoms with Gasteiger partial charge >= 0.3 is 0 Å². The van der Waals surface area contributed by atoms with Crippen LogP contribution in [0.2, 0.25) is 5.02 Å². The normalized spacial score (nSPS) is 19.8. The van der Waals surface area contributed by atoms with E-state index in [0.717, 1.165) is 12.1 Å². The van der Waals surface area contributed by atoms with Crippen molar-refractivity contribution in [1.82, 2.24) is 10.2 Å². The van der Waals surface area contributed by atoms with Crippen LogP contribution in [0, 0.1) is 0 Å². The summed E-state index contributed by atoms with van der Waals surface area (Å²) in [5, 5.41) is 3.55. The number of carbonyl (C=O) groups excluding carboxylic acids is 1. The maximum absolute atomic E-state index is 11.9. The molecule has 1 aliphatic rings. The van der Waals surface area contributed by atoms with Gasteiger partial charge in [0, 0.05) is 31.2 Å². The summed E-state index contributed by atoms with van der Waals surface area (Å²) in [4.78, 5) is 14.0. The first-order chi connectivity index (χ1) is 9.69. The molecule has 1 aromatic carbocycles. The van der Waals surface area contributed by atoms with Gasteiger partial charge in [0.1, 0.15) is 0 Å². The van der Waals surface area contributed by atoms with Crippen molar-refractivity contribution in [2.24, 2.45) is 5.73 Å². The number of nitrogens with one attached hydrogen (secondary N) is 1. The van der Waals surface area contributed by atoms with Crippen molar-refractivity contribution in [3.63, 3.8) is 0 Å². The largest absolute Gasteiger partial charge is 0.374 e. The number of halogens is 1. The van der Waals surface area contributed by atoms with Crippen molar-refractivity contribution in [3.05, 3.63) is 34.9 Å². The Labute approximate surface area is 124 Å². The number of hydrogen-bond donors (Lipinski definition) is 2. The molecule has 0 spiro atoms. The monoisotopic (exact) mass is 297 g/mol. The molecule has 1 saturated heterocycles. The van der Waals surface area contributed by atoms with Gasteiger partial charge in [0.25, 0.3) is 0 Å². The molecule has 20 heavy (non-hydrogen) atoms. The smallest absolute Gasteiger partial charge is 0.234 e. The maximum atomic E-state index is 11.9. The Morgan fingerprint density at radius 1 is 1.50 bits per heavy atom. The lowest BCUT2D eigenvalue weighted by Crippen LogP contribution is -2.48. The van der Waals surface area contributed by atoms with Crippen LogP contribution in [0.5, 0.6) is 0 Å². The Bertz CT molecular complexity index is 456. The molecule has 0 saturated carbocycles. The maximum Gasteiger partial charge on any atom is 0.234 e. The third-order valence-electron chi connectivity index (χ3n) is 3.29. The second-order valence-corrected chi connectivity index (χ2v) is 5.24. The zero-order valence-corrected chi connectivity index (χ0v) is 12.1. The number of carbonyl (C=O) groups is 1. The molecule has 1 aliphatic heterocycles. The van der Waals surface area contributed by atoms with Gasteiger partial charge in [0.05, 0.1) is 19.3 Å². The minimum absolute atomic E-state index is 0.0115. The summed E-state index contributed by atoms with van der Waals surface area (Å²) in [6.07, 6.45) is 0.0279. The second-order valence-electron chi connectivity index (χ2n) is 4.83. The standard InChI is InChI=1S/C14H20ClN3O2/c15-13-4-2-1-3-11(13)8-17-14(19)10-18-5-6-20-12(7-16)9-18/h1-4,12H,5-10,16H2,(H,17,19). The Balaban J connectivity index is 1.77. The highest BCUT2D eigenvalue weighted by molar-refractivity contribution is 6.31. The van der Waals surface area contributed by atoms with Crippen molar-refractivity contribution in [2.45, 2.75) is 12.6 Å². The molecular formula is C14H20ClN3O2. The lowest BCUT2D eigenvalue weighted by molar-refractivity contribution is -0.124. The fraction of sp³-hybridized carbons (Fsp3) is 0.500. The number of hydrogen-bond acceptors (Lipinski definition) is 4. The fourth-order valence-electron chi connectivity index (χ4n) is 2.16. The van der Waals surface area contributed by atoms with E-state index >= 15 is 0 Å². The quantitative estimate of drug-likeness (QED) is 0.836. The number of morpholine rings is 1. The molecule has 3 N–H and O–H groups in total. The highest BCUT2D eigenvalue weighted by Gasteiger charge is 2.20. The predicted molar refractivity (Wildman–Crippen MR) is 78.5 cm³/mol. The number of nitrogens with zero attached hydrogens (tertiary/aromatic N) is 1. The molecule has 1 amide bonds. The van der Waals surface area contributed by atoms with Crippen LogP contribution >= 0.6 is 11.6 Å². The van der Waals surface area contributed by atoms with Gasteiger partial charge in [-0.15, -0.1) is 0 Å². The minimum atomic E-state index is -0.0115. The Morgan fingerprint density at radius 3 is 3.05 bits per heavy atom. The summed E-state index contributed by atoms with van der Waals surface area (Å²) in [5.41, 5.74) is 6.50. The molecule has 0 aliphatic carbocycles. The van der Waals surface area contributed by atoms with Gasteiger partial charge in [-0.1, -0.05) is 29.8 Å². The number of ether oxygens (including phenoxy) is 1. The third-order valence-corrected chi connectivity index (χ3v) is 3.66. The summed E-state index contributed by atoms with van der Waals surface area (Å²) in [6, 6.07) is 7.49. The average Bonchev–Trinajstić information content (AvgIpc) is 2.46. The minimum Gasteiger partial charge on any atom is -0.374 e. The molecule has 1 unspecified atom stereocenters. The highest BCUT2D eigenvalue weighted by Crippen LogP contribution is 2.14. The van der Waals surface area contributed by atoms with Crippen molar-refractivity contribution in [3.8, 4) is 0 Å². The Morgan fingerprint density at radius 2 is 2.30 bits per heavy atom. The highest BCUT2D eigenvalue weighted by atomic mass is 35.5. The molecule has 110 valence electrons. The molecule has 5 nitrogen and oxygen atoms in total. The number of nitrogens with two attached hydrogens (primary N) is 1. The third kappa shape index (κ3) is 4.45. The SMILES string of the molecule is NCC1CN(CC(=O)NCc2ccccc2Cl)CCO1. The van der Waals surface area contributed by atoms with Crippen LogP contribution in [0.4, 0.5) is 0 Å². The predicted octanol–water partition coefficient (Wildman–Crippen LogP) is 0.616. The van der Waals surface area contributed by atoms with E-state index < -0.39 is 0 Å². The van der Waals surface area contributed by atoms with E-state index in [0.29, 0.717) is 37.8 Å². The van der Waals surface area contributed by atoms with Gasteiger partial charge in [-0.25, -0.2) is 0 Å². The molecule has 1 fully saturated rings. The van der Waals surface area contributed by atoms with E-state index in [4.69, 9.17) is 22.1 Å². The topological polar surface area (TPSA) is 67.6 Å². The van der Waals surface area contributed by atoms with Crippen molar-refractivity contribution in [2.75, 3.05) is 32.8 Å². The van der Waals surface area contributed by atoms with Crippen molar-refractivity contribution >= 4 is 17.5 Å². The Hall–Kier alpha value is -1.14. The van der Waals surface area contributed by atoms with Crippen LogP contribution in [0.15, 0.2) is 24.3 Å². The molecule has 1 heterocycles. The van der Waals surface area contributed by atoms with E-state index in [1.807, 2.05) is 24.3 Å². The van der Waals surface area contributed by atoms with Gasteiger partial charge in [0.2, 0.25) is 5.91 Å². The summed E-state index contributed by atoms with van der Waals surface area (Å²) < 4.78 is 5.47. The molecule has 0 radical (unpaired) electrons. The molecule has 6 heteroatoms. The van der Waals surface area contributed by atoms with E-state index in [9.17, 15) is 4.79 Å². The van der Waals surface area contributed by atoms with Gasteiger partial charge in [-0.05, 0) is 11.6 Å². The first-order valence-electron chi connectivity index (χ1n) is 6.73. The summed E-state index contributed by atoms with van der Waals surface area (Å²) in [6.45, 7) is 3.39. The number of rotatable bonds is 5. The average molecular weight is 298 g/mol. The van der Waals surface area contributed by atoms with Gasteiger partial charge in [-0.3, -0.25) is 9.69 Å². The van der Waals surface area contributed by atoms with E-state index in [-0.39, 0.29) is 12.0 Å². The molecule has 0 aromatic heterocycles. The van der Waals surface area contributed by atoms with Crippen LogP contribution in [-0.4, -0.2) is 49.7 Å². The Kier molecular flexibility index (Phi) is 5.79.